The molecular weight excluding hydrogens is 268 g/mol. The van der Waals surface area contributed by atoms with E-state index in [1.165, 1.54) is 5.32 Å². The van der Waals surface area contributed by atoms with Crippen molar-refractivity contribution in [3.8, 4) is 5.75 Å². The molecule has 1 aromatic carbocycles. The van der Waals surface area contributed by atoms with Crippen LogP contribution < -0.4 is 5.32 Å². The van der Waals surface area contributed by atoms with E-state index in [1.54, 1.807) is 0 Å². The number of nitrogens with one attached hydrogen (secondary N) is 1. The van der Waals surface area contributed by atoms with Crippen molar-refractivity contribution in [3.05, 3.63) is 23.8 Å². The maximum absolute atomic E-state index is 12.2. The van der Waals surface area contributed by atoms with Crippen molar-refractivity contribution in [2.45, 2.75) is 12.4 Å². The van der Waals surface area contributed by atoms with E-state index in [2.05, 4.69) is 0 Å². The first-order chi connectivity index (χ1) is 8.01. The molecule has 1 rings (SSSR count). The molecule has 2 N–H and O–H groups in total. The number of hydrogen-bond acceptors (Lipinski definition) is 2. The van der Waals surface area contributed by atoms with Gasteiger partial charge in [-0.25, -0.2) is 0 Å². The summed E-state index contributed by atoms with van der Waals surface area (Å²) in [4.78, 5) is 10.5. The van der Waals surface area contributed by atoms with Crippen molar-refractivity contribution in [3.63, 3.8) is 0 Å². The van der Waals surface area contributed by atoms with E-state index in [1.807, 2.05) is 0 Å². The molecule has 0 saturated heterocycles. The van der Waals surface area contributed by atoms with Gasteiger partial charge in [-0.2, -0.15) is 26.3 Å². The molecule has 0 bridgehead atoms. The van der Waals surface area contributed by atoms with Crippen molar-refractivity contribution in [2.75, 3.05) is 5.32 Å². The van der Waals surface area contributed by atoms with Crippen LogP contribution in [-0.4, -0.2) is 17.2 Å². The monoisotopic (exact) mass is 273 g/mol. The molecule has 0 saturated carbocycles. The number of carbonyl (C=O) groups excluding carboxylic acids is 1. The van der Waals surface area contributed by atoms with Crippen LogP contribution in [0.1, 0.15) is 5.56 Å². The highest BCUT2D eigenvalue weighted by Crippen LogP contribution is 2.34. The highest BCUT2D eigenvalue weighted by molar-refractivity contribution is 5.96. The van der Waals surface area contributed by atoms with Crippen molar-refractivity contribution in [2.24, 2.45) is 0 Å². The van der Waals surface area contributed by atoms with Crippen LogP contribution in [0, 0.1) is 0 Å². The van der Waals surface area contributed by atoms with Gasteiger partial charge >= 0.3 is 18.3 Å². The second-order valence-corrected chi connectivity index (χ2v) is 3.18. The smallest absolute Gasteiger partial charge is 0.471 e. The normalized spacial score (nSPS) is 12.3. The number of amides is 1. The van der Waals surface area contributed by atoms with Crippen molar-refractivity contribution in [1.82, 2.24) is 0 Å². The Bertz CT molecular complexity index is 465. The lowest BCUT2D eigenvalue weighted by Gasteiger charge is -2.11. The predicted molar refractivity (Wildman–Crippen MR) is 47.8 cm³/mol. The molecule has 0 aromatic heterocycles. The fourth-order valence-corrected chi connectivity index (χ4v) is 1.01. The number of anilines is 1. The highest BCUT2D eigenvalue weighted by atomic mass is 19.4. The number of rotatable bonds is 1. The molecule has 0 unspecified atom stereocenters. The number of phenols is 1. The standard InChI is InChI=1S/C9H5F6NO2/c10-8(11,12)4-1-2-5(6(17)3-4)16-7(18)9(13,14)15/h1-3,17H,(H,16,18). The van der Waals surface area contributed by atoms with Crippen LogP contribution in [0.5, 0.6) is 5.75 Å². The van der Waals surface area contributed by atoms with Gasteiger partial charge in [-0.1, -0.05) is 0 Å². The van der Waals surface area contributed by atoms with E-state index < -0.39 is 35.3 Å². The van der Waals surface area contributed by atoms with Gasteiger partial charge in [0.1, 0.15) is 5.75 Å². The number of benzene rings is 1. The van der Waals surface area contributed by atoms with Crippen LogP contribution in [-0.2, 0) is 11.0 Å². The van der Waals surface area contributed by atoms with Gasteiger partial charge in [-0.15, -0.1) is 0 Å². The predicted octanol–water partition coefficient (Wildman–Crippen LogP) is 2.91. The molecule has 1 amide bonds. The van der Waals surface area contributed by atoms with Crippen LogP contribution in [0.3, 0.4) is 0 Å². The molecule has 0 radical (unpaired) electrons. The van der Waals surface area contributed by atoms with Crippen LogP contribution >= 0.6 is 0 Å². The van der Waals surface area contributed by atoms with E-state index in [0.717, 1.165) is 0 Å². The first-order valence-electron chi connectivity index (χ1n) is 4.30. The quantitative estimate of drug-likeness (QED) is 0.610. The van der Waals surface area contributed by atoms with E-state index in [9.17, 15) is 31.1 Å². The summed E-state index contributed by atoms with van der Waals surface area (Å²) in [6, 6.07) is 1.18. The van der Waals surface area contributed by atoms with Gasteiger partial charge in [-0.05, 0) is 18.2 Å². The summed E-state index contributed by atoms with van der Waals surface area (Å²) in [5, 5.41) is 10.3. The van der Waals surface area contributed by atoms with Gasteiger partial charge in [0.2, 0.25) is 0 Å². The second kappa shape index (κ2) is 4.39. The third kappa shape index (κ3) is 3.28. The van der Waals surface area contributed by atoms with E-state index in [0.29, 0.717) is 12.1 Å². The van der Waals surface area contributed by atoms with E-state index in [4.69, 9.17) is 5.11 Å². The van der Waals surface area contributed by atoms with Gasteiger partial charge in [0.25, 0.3) is 0 Å². The minimum atomic E-state index is -5.20. The molecule has 0 atom stereocenters. The average Bonchev–Trinajstić information content (AvgIpc) is 2.17. The van der Waals surface area contributed by atoms with Gasteiger partial charge in [0.05, 0.1) is 11.3 Å². The van der Waals surface area contributed by atoms with Gasteiger partial charge in [0, 0.05) is 0 Å². The molecule has 0 aliphatic carbocycles. The Balaban J connectivity index is 2.98. The maximum Gasteiger partial charge on any atom is 0.471 e. The van der Waals surface area contributed by atoms with Crippen molar-refractivity contribution in [1.29, 1.82) is 0 Å². The van der Waals surface area contributed by atoms with Crippen molar-refractivity contribution >= 4 is 11.6 Å². The number of phenolic OH excluding ortho intramolecular Hbond substituents is 1. The van der Waals surface area contributed by atoms with Gasteiger partial charge < -0.3 is 10.4 Å². The zero-order valence-electron chi connectivity index (χ0n) is 8.36. The summed E-state index contributed by atoms with van der Waals surface area (Å²) in [7, 11) is 0. The average molecular weight is 273 g/mol. The Morgan fingerprint density at radius 3 is 2.06 bits per heavy atom. The topological polar surface area (TPSA) is 49.3 Å². The highest BCUT2D eigenvalue weighted by Gasteiger charge is 2.39. The lowest BCUT2D eigenvalue weighted by Crippen LogP contribution is -2.29. The molecule has 0 spiro atoms. The van der Waals surface area contributed by atoms with E-state index in [-0.39, 0.29) is 6.07 Å². The number of halogens is 6. The molecular formula is C9H5F6NO2. The first kappa shape index (κ1) is 14.1. The zero-order valence-corrected chi connectivity index (χ0v) is 8.36. The summed E-state index contributed by atoms with van der Waals surface area (Å²) in [5.41, 5.74) is -2.00. The lowest BCUT2D eigenvalue weighted by atomic mass is 10.2. The zero-order chi connectivity index (χ0) is 14.1. The van der Waals surface area contributed by atoms with Crippen LogP contribution in [0.15, 0.2) is 18.2 Å². The fraction of sp³-hybridized carbons (Fsp3) is 0.222. The Labute approximate surface area is 96.0 Å². The minimum absolute atomic E-state index is 0.214. The fourth-order valence-electron chi connectivity index (χ4n) is 1.01. The number of aromatic hydroxyl groups is 1. The molecule has 0 heterocycles. The Kier molecular flexibility index (Phi) is 3.45. The maximum atomic E-state index is 12.2. The van der Waals surface area contributed by atoms with Crippen LogP contribution in [0.4, 0.5) is 32.0 Å². The van der Waals surface area contributed by atoms with Gasteiger partial charge in [-0.3, -0.25) is 4.79 Å². The molecule has 9 heteroatoms. The number of alkyl halides is 6. The molecule has 0 aliphatic heterocycles. The molecule has 18 heavy (non-hydrogen) atoms. The number of carbonyl (C=O) groups is 1. The van der Waals surface area contributed by atoms with Crippen molar-refractivity contribution < 1.29 is 36.2 Å². The third-order valence-electron chi connectivity index (χ3n) is 1.83. The molecule has 0 fully saturated rings. The van der Waals surface area contributed by atoms with Gasteiger partial charge in [0.15, 0.2) is 0 Å². The molecule has 3 nitrogen and oxygen atoms in total. The number of hydrogen-bond donors (Lipinski definition) is 2. The van der Waals surface area contributed by atoms with Crippen LogP contribution in [0.2, 0.25) is 0 Å². The largest absolute Gasteiger partial charge is 0.506 e. The molecule has 0 aliphatic rings. The second-order valence-electron chi connectivity index (χ2n) is 3.18. The summed E-state index contributed by atoms with van der Waals surface area (Å²) in [6.07, 6.45) is -9.95. The first-order valence-corrected chi connectivity index (χ1v) is 4.30. The Hall–Kier alpha value is -1.93. The Morgan fingerprint density at radius 2 is 1.67 bits per heavy atom. The summed E-state index contributed by atoms with van der Waals surface area (Å²) < 4.78 is 72.1. The van der Waals surface area contributed by atoms with E-state index >= 15 is 0 Å². The third-order valence-corrected chi connectivity index (χ3v) is 1.83. The Morgan fingerprint density at radius 1 is 1.11 bits per heavy atom. The summed E-state index contributed by atoms with van der Waals surface area (Å²) >= 11 is 0. The molecule has 100 valence electrons. The lowest BCUT2D eigenvalue weighted by molar-refractivity contribution is -0.167. The summed E-state index contributed by atoms with van der Waals surface area (Å²) in [6.45, 7) is 0. The SMILES string of the molecule is O=C(Nc1ccc(C(F)(F)F)cc1O)C(F)(F)F. The summed E-state index contributed by atoms with van der Waals surface area (Å²) in [5.74, 6) is -3.50. The van der Waals surface area contributed by atoms with Crippen LogP contribution in [0.25, 0.3) is 0 Å². The minimum Gasteiger partial charge on any atom is -0.506 e. The molecule has 1 aromatic rings.